The molecule has 1 aliphatic carbocycles. The Kier molecular flexibility index (Phi) is 5.32. The molecule has 1 saturated carbocycles. The number of nitriles is 1. The molecule has 25 heavy (non-hydrogen) atoms. The highest BCUT2D eigenvalue weighted by atomic mass is 16.5. The summed E-state index contributed by atoms with van der Waals surface area (Å²) in [6.07, 6.45) is 1.93. The summed E-state index contributed by atoms with van der Waals surface area (Å²) in [6.45, 7) is 2.41. The van der Waals surface area contributed by atoms with E-state index in [1.807, 2.05) is 6.07 Å². The first-order valence-electron chi connectivity index (χ1n) is 8.35. The predicted molar refractivity (Wildman–Crippen MR) is 94.4 cm³/mol. The van der Waals surface area contributed by atoms with Gasteiger partial charge in [-0.15, -0.1) is 0 Å². The number of benzene rings is 2. The van der Waals surface area contributed by atoms with Gasteiger partial charge in [0.05, 0.1) is 12.2 Å². The van der Waals surface area contributed by atoms with Gasteiger partial charge in [0.25, 0.3) is 5.91 Å². The molecule has 0 aliphatic heterocycles. The van der Waals surface area contributed by atoms with Crippen LogP contribution < -0.4 is 10.1 Å². The molecule has 1 fully saturated rings. The molecule has 1 aliphatic rings. The number of anilines is 1. The number of nitrogens with zero attached hydrogens (tertiary/aromatic N) is 1. The Labute approximate surface area is 147 Å². The normalized spacial score (nSPS) is 14.4. The van der Waals surface area contributed by atoms with Crippen LogP contribution in [0.4, 0.5) is 5.69 Å². The van der Waals surface area contributed by atoms with E-state index in [9.17, 15) is 4.79 Å². The van der Waals surface area contributed by atoms with Gasteiger partial charge >= 0.3 is 0 Å². The summed E-state index contributed by atoms with van der Waals surface area (Å²) in [5.41, 5.74) is 1.15. The quantitative estimate of drug-likeness (QED) is 0.826. The van der Waals surface area contributed by atoms with Crippen LogP contribution in [0.2, 0.25) is 0 Å². The van der Waals surface area contributed by atoms with Gasteiger partial charge in [-0.25, -0.2) is 0 Å². The Bertz CT molecular complexity index is 776. The molecular weight excluding hydrogens is 316 g/mol. The number of carbonyl (C=O) groups excluding carboxylic acids is 1. The van der Waals surface area contributed by atoms with Crippen LogP contribution in [0.1, 0.15) is 25.3 Å². The fourth-order valence-electron chi connectivity index (χ4n) is 2.27. The summed E-state index contributed by atoms with van der Waals surface area (Å²) in [7, 11) is 0. The Morgan fingerprint density at radius 3 is 2.64 bits per heavy atom. The Balaban J connectivity index is 1.56. The number of carbonyl (C=O) groups is 1. The van der Waals surface area contributed by atoms with Crippen LogP contribution in [0.3, 0.4) is 0 Å². The summed E-state index contributed by atoms with van der Waals surface area (Å²) < 4.78 is 11.3. The van der Waals surface area contributed by atoms with Crippen molar-refractivity contribution in [3.05, 3.63) is 54.1 Å². The van der Waals surface area contributed by atoms with E-state index >= 15 is 0 Å². The van der Waals surface area contributed by atoms with E-state index in [0.29, 0.717) is 35.3 Å². The van der Waals surface area contributed by atoms with Crippen molar-refractivity contribution < 1.29 is 14.3 Å². The highest BCUT2D eigenvalue weighted by molar-refractivity contribution is 5.93. The molecule has 0 aromatic heterocycles. The van der Waals surface area contributed by atoms with Crippen molar-refractivity contribution in [2.45, 2.75) is 25.9 Å². The lowest BCUT2D eigenvalue weighted by atomic mass is 10.2. The molecule has 2 aromatic carbocycles. The van der Waals surface area contributed by atoms with E-state index in [1.165, 1.54) is 12.8 Å². The molecule has 5 nitrogen and oxygen atoms in total. The Hall–Kier alpha value is -2.84. The van der Waals surface area contributed by atoms with E-state index in [2.05, 4.69) is 11.4 Å². The molecule has 0 radical (unpaired) electrons. The van der Waals surface area contributed by atoms with Gasteiger partial charge in [-0.3, -0.25) is 4.79 Å². The number of nitrogens with one attached hydrogen (secondary N) is 1. The second kappa shape index (κ2) is 7.82. The van der Waals surface area contributed by atoms with Crippen LogP contribution in [0.5, 0.6) is 11.5 Å². The van der Waals surface area contributed by atoms with Crippen molar-refractivity contribution in [2.75, 3.05) is 11.9 Å². The minimum absolute atomic E-state index is 0.163. The lowest BCUT2D eigenvalue weighted by Crippen LogP contribution is -2.28. The third kappa shape index (κ3) is 4.82. The van der Waals surface area contributed by atoms with E-state index in [-0.39, 0.29) is 5.91 Å². The molecule has 3 rings (SSSR count). The number of rotatable bonds is 7. The number of para-hydroxylation sites is 1. The summed E-state index contributed by atoms with van der Waals surface area (Å²) in [5, 5.41) is 11.9. The van der Waals surface area contributed by atoms with Gasteiger partial charge in [0.1, 0.15) is 23.7 Å². The van der Waals surface area contributed by atoms with Crippen molar-refractivity contribution in [3.63, 3.8) is 0 Å². The maximum absolute atomic E-state index is 12.1. The number of amides is 1. The topological polar surface area (TPSA) is 71.3 Å². The lowest BCUT2D eigenvalue weighted by molar-refractivity contribution is -0.126. The van der Waals surface area contributed by atoms with Gasteiger partial charge in [0, 0.05) is 5.69 Å². The van der Waals surface area contributed by atoms with E-state index in [0.717, 1.165) is 0 Å². The van der Waals surface area contributed by atoms with Gasteiger partial charge in [-0.1, -0.05) is 12.1 Å². The second-order valence-corrected chi connectivity index (χ2v) is 6.14. The average Bonchev–Trinajstić information content (AvgIpc) is 3.46. The highest BCUT2D eigenvalue weighted by Crippen LogP contribution is 2.29. The van der Waals surface area contributed by atoms with Crippen molar-refractivity contribution >= 4 is 11.6 Å². The molecule has 1 amide bonds. The largest absolute Gasteiger partial charge is 0.456 e. The van der Waals surface area contributed by atoms with Crippen LogP contribution in [0.15, 0.2) is 48.5 Å². The Morgan fingerprint density at radius 1 is 1.24 bits per heavy atom. The maximum Gasteiger partial charge on any atom is 0.253 e. The number of hydrogen-bond donors (Lipinski definition) is 1. The fourth-order valence-corrected chi connectivity index (χ4v) is 2.27. The smallest absolute Gasteiger partial charge is 0.253 e. The Morgan fingerprint density at radius 2 is 1.96 bits per heavy atom. The molecule has 1 N–H and O–H groups in total. The summed E-state index contributed by atoms with van der Waals surface area (Å²) >= 11 is 0. The van der Waals surface area contributed by atoms with Crippen molar-refractivity contribution in [1.82, 2.24) is 0 Å². The predicted octanol–water partition coefficient (Wildman–Crippen LogP) is 4.10. The highest BCUT2D eigenvalue weighted by Gasteiger charge is 2.24. The van der Waals surface area contributed by atoms with Crippen molar-refractivity contribution in [2.24, 2.45) is 5.92 Å². The zero-order chi connectivity index (χ0) is 17.6. The first kappa shape index (κ1) is 17.0. The van der Waals surface area contributed by atoms with Gasteiger partial charge in [-0.2, -0.15) is 5.26 Å². The molecule has 0 spiro atoms. The second-order valence-electron chi connectivity index (χ2n) is 6.14. The van der Waals surface area contributed by atoms with Crippen LogP contribution in [-0.4, -0.2) is 18.6 Å². The monoisotopic (exact) mass is 336 g/mol. The summed E-state index contributed by atoms with van der Waals surface area (Å²) in [6, 6.07) is 16.2. The minimum Gasteiger partial charge on any atom is -0.456 e. The molecule has 0 bridgehead atoms. The molecule has 5 heteroatoms. The van der Waals surface area contributed by atoms with Crippen LogP contribution >= 0.6 is 0 Å². The number of hydrogen-bond acceptors (Lipinski definition) is 4. The van der Waals surface area contributed by atoms with Crippen molar-refractivity contribution in [1.29, 1.82) is 5.26 Å². The van der Waals surface area contributed by atoms with Crippen molar-refractivity contribution in [3.8, 4) is 17.6 Å². The molecule has 1 unspecified atom stereocenters. The molecular formula is C20H20N2O3. The standard InChI is InChI=1S/C20H20N2O3/c1-14(24-13-15-6-7-15)20(23)22-17-8-10-18(11-9-17)25-19-5-3-2-4-16(19)12-21/h2-5,8-11,14-15H,6-7,13H2,1H3,(H,22,23). The first-order valence-corrected chi connectivity index (χ1v) is 8.35. The van der Waals surface area contributed by atoms with Gasteiger partial charge < -0.3 is 14.8 Å². The van der Waals surface area contributed by atoms with E-state index in [1.54, 1.807) is 49.4 Å². The molecule has 2 aromatic rings. The third-order valence-electron chi connectivity index (χ3n) is 4.01. The van der Waals surface area contributed by atoms with Crippen LogP contribution in [-0.2, 0) is 9.53 Å². The lowest BCUT2D eigenvalue weighted by Gasteiger charge is -2.13. The molecule has 0 saturated heterocycles. The maximum atomic E-state index is 12.1. The average molecular weight is 336 g/mol. The van der Waals surface area contributed by atoms with E-state index < -0.39 is 6.10 Å². The SMILES string of the molecule is CC(OCC1CC1)C(=O)Nc1ccc(Oc2ccccc2C#N)cc1. The first-order chi connectivity index (χ1) is 12.2. The van der Waals surface area contributed by atoms with Gasteiger partial charge in [0.2, 0.25) is 0 Å². The van der Waals surface area contributed by atoms with Gasteiger partial charge in [0.15, 0.2) is 0 Å². The molecule has 128 valence electrons. The van der Waals surface area contributed by atoms with Crippen LogP contribution in [0.25, 0.3) is 0 Å². The van der Waals surface area contributed by atoms with Gasteiger partial charge in [-0.05, 0) is 62.1 Å². The number of ether oxygens (including phenoxy) is 2. The molecule has 1 atom stereocenters. The van der Waals surface area contributed by atoms with Crippen LogP contribution in [0, 0.1) is 17.2 Å². The third-order valence-corrected chi connectivity index (χ3v) is 4.01. The summed E-state index contributed by atoms with van der Waals surface area (Å²) in [4.78, 5) is 12.1. The summed E-state index contributed by atoms with van der Waals surface area (Å²) in [5.74, 6) is 1.56. The van der Waals surface area contributed by atoms with E-state index in [4.69, 9.17) is 14.7 Å². The minimum atomic E-state index is -0.473. The molecule has 0 heterocycles. The zero-order valence-electron chi connectivity index (χ0n) is 14.1. The zero-order valence-corrected chi connectivity index (χ0v) is 14.1. The fraction of sp³-hybridized carbons (Fsp3) is 0.300.